The van der Waals surface area contributed by atoms with Crippen LogP contribution in [0, 0.1) is 5.92 Å². The zero-order chi connectivity index (χ0) is 13.3. The van der Waals surface area contributed by atoms with Crippen LogP contribution < -0.4 is 16.4 Å². The molecule has 0 spiro atoms. The van der Waals surface area contributed by atoms with E-state index in [0.29, 0.717) is 0 Å². The topological polar surface area (TPSA) is 79.5 Å². The van der Waals surface area contributed by atoms with Crippen LogP contribution in [0.2, 0.25) is 0 Å². The van der Waals surface area contributed by atoms with E-state index in [0.717, 1.165) is 31.5 Å². The number of aliphatic imine (C=N–C) groups is 1. The molecule has 19 heavy (non-hydrogen) atoms. The molecule has 1 aromatic carbocycles. The van der Waals surface area contributed by atoms with E-state index in [4.69, 9.17) is 5.73 Å². The lowest BCUT2D eigenvalue weighted by Crippen LogP contribution is -2.49. The summed E-state index contributed by atoms with van der Waals surface area (Å²) in [6, 6.07) is 9.72. The summed E-state index contributed by atoms with van der Waals surface area (Å²) in [5.74, 6) is 0.258. The molecule has 0 bridgehead atoms. The van der Waals surface area contributed by atoms with Gasteiger partial charge in [-0.15, -0.1) is 0 Å². The number of hydrogen-bond donors (Lipinski definition) is 3. The second kappa shape index (κ2) is 4.66. The highest BCUT2D eigenvalue weighted by Gasteiger charge is 2.50. The molecule has 1 amide bonds. The quantitative estimate of drug-likeness (QED) is 0.715. The predicted molar refractivity (Wildman–Crippen MR) is 73.5 cm³/mol. The van der Waals surface area contributed by atoms with Crippen LogP contribution in [0.25, 0.3) is 0 Å². The molecule has 0 aliphatic carbocycles. The summed E-state index contributed by atoms with van der Waals surface area (Å²) in [6.45, 7) is 1.79. The van der Waals surface area contributed by atoms with Crippen LogP contribution in [0.1, 0.15) is 18.4 Å². The Morgan fingerprint density at radius 3 is 2.68 bits per heavy atom. The van der Waals surface area contributed by atoms with E-state index >= 15 is 0 Å². The van der Waals surface area contributed by atoms with Crippen LogP contribution in [0.4, 0.5) is 0 Å². The lowest BCUT2D eigenvalue weighted by Gasteiger charge is -2.35. The number of piperidine rings is 1. The Labute approximate surface area is 112 Å². The maximum Gasteiger partial charge on any atom is 0.259 e. The van der Waals surface area contributed by atoms with Gasteiger partial charge in [0.05, 0.1) is 0 Å². The molecule has 5 nitrogen and oxygen atoms in total. The maximum absolute atomic E-state index is 12.5. The second-order valence-electron chi connectivity index (χ2n) is 5.13. The number of amides is 1. The summed E-state index contributed by atoms with van der Waals surface area (Å²) in [5, 5.41) is 6.02. The van der Waals surface area contributed by atoms with Gasteiger partial charge in [-0.1, -0.05) is 30.3 Å². The van der Waals surface area contributed by atoms with Gasteiger partial charge >= 0.3 is 0 Å². The lowest BCUT2D eigenvalue weighted by molar-refractivity contribution is -0.126. The molecule has 1 aromatic rings. The molecular formula is C14H18N4O. The van der Waals surface area contributed by atoms with Gasteiger partial charge in [0, 0.05) is 12.5 Å². The van der Waals surface area contributed by atoms with Crippen molar-refractivity contribution in [2.45, 2.75) is 18.4 Å². The molecular weight excluding hydrogens is 240 g/mol. The number of carbonyl (C=O) groups is 1. The van der Waals surface area contributed by atoms with Crippen LogP contribution in [0.3, 0.4) is 0 Å². The van der Waals surface area contributed by atoms with Crippen molar-refractivity contribution in [2.24, 2.45) is 16.6 Å². The van der Waals surface area contributed by atoms with Crippen molar-refractivity contribution >= 4 is 11.9 Å². The summed E-state index contributed by atoms with van der Waals surface area (Å²) in [6.07, 6.45) is 2.04. The Bertz CT molecular complexity index is 507. The third-order valence-corrected chi connectivity index (χ3v) is 3.99. The average Bonchev–Trinajstić information content (AvgIpc) is 2.76. The number of nitrogens with two attached hydrogens (primary N) is 1. The highest BCUT2D eigenvalue weighted by molar-refractivity contribution is 6.07. The lowest BCUT2D eigenvalue weighted by atomic mass is 9.74. The standard InChI is InChI=1S/C14H18N4O/c15-13-17-12(19)14(18-13,10-5-2-1-3-6-10)11-7-4-8-16-9-11/h1-3,5-6,11,16H,4,7-9H2,(H3,15,17,18,19). The largest absolute Gasteiger partial charge is 0.370 e. The van der Waals surface area contributed by atoms with Gasteiger partial charge in [-0.25, -0.2) is 4.99 Å². The predicted octanol–water partition coefficient (Wildman–Crippen LogP) is 0.326. The Balaban J connectivity index is 2.08. The normalized spacial score (nSPS) is 30.8. The number of guanidine groups is 1. The summed E-state index contributed by atoms with van der Waals surface area (Å²) >= 11 is 0. The molecule has 2 atom stereocenters. The highest BCUT2D eigenvalue weighted by atomic mass is 16.2. The zero-order valence-electron chi connectivity index (χ0n) is 10.7. The van der Waals surface area contributed by atoms with E-state index in [9.17, 15) is 4.79 Å². The fourth-order valence-corrected chi connectivity index (χ4v) is 3.09. The highest BCUT2D eigenvalue weighted by Crippen LogP contribution is 2.39. The molecule has 2 heterocycles. The number of nitrogens with zero attached hydrogens (tertiary/aromatic N) is 1. The minimum atomic E-state index is -0.862. The molecule has 1 fully saturated rings. The van der Waals surface area contributed by atoms with Gasteiger partial charge in [0.25, 0.3) is 5.91 Å². The smallest absolute Gasteiger partial charge is 0.259 e. The van der Waals surface area contributed by atoms with Gasteiger partial charge in [0.15, 0.2) is 11.5 Å². The number of carbonyl (C=O) groups excluding carboxylic acids is 1. The number of rotatable bonds is 2. The third-order valence-electron chi connectivity index (χ3n) is 3.99. The first-order valence-corrected chi connectivity index (χ1v) is 6.66. The second-order valence-corrected chi connectivity index (χ2v) is 5.13. The van der Waals surface area contributed by atoms with Crippen molar-refractivity contribution in [1.29, 1.82) is 0 Å². The van der Waals surface area contributed by atoms with Gasteiger partial charge in [-0.3, -0.25) is 10.1 Å². The fourth-order valence-electron chi connectivity index (χ4n) is 3.09. The van der Waals surface area contributed by atoms with Crippen LogP contribution in [-0.4, -0.2) is 25.0 Å². The van der Waals surface area contributed by atoms with Crippen LogP contribution >= 0.6 is 0 Å². The van der Waals surface area contributed by atoms with Gasteiger partial charge in [0.2, 0.25) is 0 Å². The van der Waals surface area contributed by atoms with E-state index in [1.54, 1.807) is 0 Å². The zero-order valence-corrected chi connectivity index (χ0v) is 10.7. The van der Waals surface area contributed by atoms with Gasteiger partial charge in [-0.2, -0.15) is 0 Å². The van der Waals surface area contributed by atoms with Crippen molar-refractivity contribution in [3.8, 4) is 0 Å². The molecule has 3 rings (SSSR count). The van der Waals surface area contributed by atoms with E-state index in [1.165, 1.54) is 0 Å². The van der Waals surface area contributed by atoms with E-state index in [2.05, 4.69) is 15.6 Å². The Morgan fingerprint density at radius 1 is 1.32 bits per heavy atom. The average molecular weight is 258 g/mol. The van der Waals surface area contributed by atoms with Crippen molar-refractivity contribution in [2.75, 3.05) is 13.1 Å². The minimum absolute atomic E-state index is 0.107. The van der Waals surface area contributed by atoms with Crippen molar-refractivity contribution in [3.05, 3.63) is 35.9 Å². The number of nitrogens with one attached hydrogen (secondary N) is 2. The maximum atomic E-state index is 12.5. The van der Waals surface area contributed by atoms with Gasteiger partial charge in [-0.05, 0) is 24.9 Å². The van der Waals surface area contributed by atoms with Gasteiger partial charge < -0.3 is 11.1 Å². The molecule has 4 N–H and O–H groups in total. The summed E-state index contributed by atoms with van der Waals surface area (Å²) in [7, 11) is 0. The van der Waals surface area contributed by atoms with E-state index in [-0.39, 0.29) is 17.8 Å². The molecule has 2 aliphatic heterocycles. The SMILES string of the molecule is NC1=NC(c2ccccc2)(C2CCCNC2)C(=O)N1. The Hall–Kier alpha value is -1.88. The van der Waals surface area contributed by atoms with Gasteiger partial charge in [0.1, 0.15) is 0 Å². The fraction of sp³-hybridized carbons (Fsp3) is 0.429. The summed E-state index contributed by atoms with van der Waals surface area (Å²) in [4.78, 5) is 17.0. The first kappa shape index (κ1) is 12.2. The van der Waals surface area contributed by atoms with Crippen LogP contribution in [0.15, 0.2) is 35.3 Å². The summed E-state index contributed by atoms with van der Waals surface area (Å²) in [5.41, 5.74) is 5.80. The molecule has 0 saturated carbocycles. The third kappa shape index (κ3) is 1.90. The molecule has 2 unspecified atom stereocenters. The molecule has 1 saturated heterocycles. The Kier molecular flexibility index (Phi) is 2.98. The molecule has 0 radical (unpaired) electrons. The van der Waals surface area contributed by atoms with Crippen molar-refractivity contribution in [3.63, 3.8) is 0 Å². The van der Waals surface area contributed by atoms with Crippen molar-refractivity contribution in [1.82, 2.24) is 10.6 Å². The Morgan fingerprint density at radius 2 is 2.11 bits per heavy atom. The number of hydrogen-bond acceptors (Lipinski definition) is 4. The monoisotopic (exact) mass is 258 g/mol. The van der Waals surface area contributed by atoms with E-state index in [1.807, 2.05) is 30.3 Å². The first-order chi connectivity index (χ1) is 9.23. The van der Waals surface area contributed by atoms with E-state index < -0.39 is 5.54 Å². The first-order valence-electron chi connectivity index (χ1n) is 6.66. The molecule has 2 aliphatic rings. The number of benzene rings is 1. The molecule has 5 heteroatoms. The molecule has 0 aromatic heterocycles. The molecule has 100 valence electrons. The summed E-state index contributed by atoms with van der Waals surface area (Å²) < 4.78 is 0. The van der Waals surface area contributed by atoms with Crippen molar-refractivity contribution < 1.29 is 4.79 Å². The van der Waals surface area contributed by atoms with Crippen LogP contribution in [-0.2, 0) is 10.3 Å². The minimum Gasteiger partial charge on any atom is -0.370 e. The van der Waals surface area contributed by atoms with Crippen LogP contribution in [0.5, 0.6) is 0 Å².